The van der Waals surface area contributed by atoms with Gasteiger partial charge in [0.25, 0.3) is 0 Å². The van der Waals surface area contributed by atoms with Gasteiger partial charge in [0, 0.05) is 18.8 Å². The van der Waals surface area contributed by atoms with Crippen molar-refractivity contribution in [2.45, 2.75) is 106 Å². The molecule has 1 aromatic heterocycles. The molecule has 0 fully saturated rings. The van der Waals surface area contributed by atoms with Gasteiger partial charge in [0.1, 0.15) is 11.1 Å². The molecule has 0 bridgehead atoms. The highest BCUT2D eigenvalue weighted by Crippen LogP contribution is 2.38. The summed E-state index contributed by atoms with van der Waals surface area (Å²) < 4.78 is 0. The Labute approximate surface area is 270 Å². The van der Waals surface area contributed by atoms with Crippen LogP contribution in [0, 0.1) is 30.1 Å². The summed E-state index contributed by atoms with van der Waals surface area (Å²) in [5.74, 6) is 1.37. The van der Waals surface area contributed by atoms with Gasteiger partial charge in [-0.05, 0) is 79.1 Å². The summed E-state index contributed by atoms with van der Waals surface area (Å²) in [7, 11) is 0. The topological polar surface area (TPSA) is 76.5 Å². The third-order valence-electron chi connectivity index (χ3n) is 8.65. The maximum atomic E-state index is 9.72. The Morgan fingerprint density at radius 2 is 1.41 bits per heavy atom. The molecule has 7 heteroatoms. The van der Waals surface area contributed by atoms with Crippen molar-refractivity contribution in [3.05, 3.63) is 65.2 Å². The average molecular weight is 613 g/mol. The van der Waals surface area contributed by atoms with Gasteiger partial charge in [0.15, 0.2) is 5.00 Å². The van der Waals surface area contributed by atoms with Crippen molar-refractivity contribution in [2.75, 3.05) is 18.0 Å². The molecule has 6 nitrogen and oxygen atoms in total. The molecule has 3 aromatic rings. The van der Waals surface area contributed by atoms with Gasteiger partial charge in [-0.1, -0.05) is 109 Å². The molecular weight excluding hydrogens is 561 g/mol. The zero-order valence-electron chi connectivity index (χ0n) is 27.9. The summed E-state index contributed by atoms with van der Waals surface area (Å²) in [5, 5.41) is 28.7. The van der Waals surface area contributed by atoms with Crippen molar-refractivity contribution >= 4 is 38.4 Å². The monoisotopic (exact) mass is 612 g/mol. The molecule has 44 heavy (non-hydrogen) atoms. The third kappa shape index (κ3) is 11.0. The predicted molar refractivity (Wildman–Crippen MR) is 188 cm³/mol. The fraction of sp³-hybridized carbons (Fsp3) is 0.541. The van der Waals surface area contributed by atoms with Crippen LogP contribution in [0.2, 0.25) is 0 Å². The van der Waals surface area contributed by atoms with Crippen LogP contribution < -0.4 is 4.90 Å². The second kappa shape index (κ2) is 19.1. The summed E-state index contributed by atoms with van der Waals surface area (Å²) in [6.07, 6.45) is 12.3. The van der Waals surface area contributed by atoms with Crippen LogP contribution in [0.3, 0.4) is 0 Å². The minimum absolute atomic E-state index is 0.460. The van der Waals surface area contributed by atoms with Crippen molar-refractivity contribution in [1.82, 2.24) is 0 Å². The number of azo groups is 2. The van der Waals surface area contributed by atoms with Gasteiger partial charge in [-0.2, -0.15) is 5.26 Å². The highest BCUT2D eigenvalue weighted by atomic mass is 32.1. The normalized spacial score (nSPS) is 11.8. The number of aryl methyl sites for hydroxylation is 2. The van der Waals surface area contributed by atoms with Crippen LogP contribution in [-0.2, 0) is 6.42 Å². The van der Waals surface area contributed by atoms with Gasteiger partial charge in [-0.15, -0.1) is 20.5 Å². The Kier molecular flexibility index (Phi) is 15.2. The number of nitrogens with zero attached hydrogens (tertiary/aromatic N) is 6. The van der Waals surface area contributed by atoms with Crippen molar-refractivity contribution in [3.63, 3.8) is 0 Å². The molecule has 0 N–H and O–H groups in total. The van der Waals surface area contributed by atoms with E-state index in [1.54, 1.807) is 6.07 Å². The lowest BCUT2D eigenvalue weighted by Crippen LogP contribution is -2.33. The largest absolute Gasteiger partial charge is 0.371 e. The average Bonchev–Trinajstić information content (AvgIpc) is 3.46. The molecule has 3 rings (SSSR count). The Balaban J connectivity index is 1.69. The first-order chi connectivity index (χ1) is 21.4. The lowest BCUT2D eigenvalue weighted by Gasteiger charge is -2.32. The van der Waals surface area contributed by atoms with Gasteiger partial charge in [0.2, 0.25) is 0 Å². The minimum atomic E-state index is 0.460. The molecule has 0 spiro atoms. The van der Waals surface area contributed by atoms with E-state index < -0.39 is 0 Å². The van der Waals surface area contributed by atoms with Crippen LogP contribution in [0.4, 0.5) is 27.1 Å². The molecule has 0 unspecified atom stereocenters. The maximum absolute atomic E-state index is 9.72. The number of thiophene rings is 1. The lowest BCUT2D eigenvalue weighted by molar-refractivity contribution is 0.434. The first-order valence-electron chi connectivity index (χ1n) is 16.8. The Morgan fingerprint density at radius 3 is 2.00 bits per heavy atom. The van der Waals surface area contributed by atoms with Gasteiger partial charge >= 0.3 is 0 Å². The molecule has 0 atom stereocenters. The number of nitriles is 1. The van der Waals surface area contributed by atoms with Crippen molar-refractivity contribution in [3.8, 4) is 6.07 Å². The summed E-state index contributed by atoms with van der Waals surface area (Å²) in [6.45, 7) is 15.6. The molecule has 0 aliphatic carbocycles. The molecular formula is C37H52N6S. The van der Waals surface area contributed by atoms with Crippen LogP contribution in [0.5, 0.6) is 0 Å². The fourth-order valence-corrected chi connectivity index (χ4v) is 6.14. The summed E-state index contributed by atoms with van der Waals surface area (Å²) in [5.41, 5.74) is 5.72. The van der Waals surface area contributed by atoms with Crippen LogP contribution in [0.1, 0.15) is 109 Å². The van der Waals surface area contributed by atoms with E-state index in [2.05, 4.69) is 103 Å². The van der Waals surface area contributed by atoms with Crippen molar-refractivity contribution < 1.29 is 0 Å². The Hall–Kier alpha value is -3.37. The molecule has 0 saturated carbocycles. The van der Waals surface area contributed by atoms with Crippen LogP contribution >= 0.6 is 11.3 Å². The molecule has 1 heterocycles. The zero-order valence-corrected chi connectivity index (χ0v) is 28.7. The Morgan fingerprint density at radius 1 is 0.750 bits per heavy atom. The predicted octanol–water partition coefficient (Wildman–Crippen LogP) is 13.0. The number of hydrogen-bond acceptors (Lipinski definition) is 7. The van der Waals surface area contributed by atoms with Gasteiger partial charge in [-0.25, -0.2) is 0 Å². The molecule has 0 saturated heterocycles. The second-order valence-electron chi connectivity index (χ2n) is 11.9. The maximum Gasteiger partial charge on any atom is 0.158 e. The summed E-state index contributed by atoms with van der Waals surface area (Å²) in [4.78, 5) is 2.57. The quantitative estimate of drug-likeness (QED) is 0.0997. The van der Waals surface area contributed by atoms with Crippen LogP contribution in [-0.4, -0.2) is 13.1 Å². The number of anilines is 1. The lowest BCUT2D eigenvalue weighted by atomic mass is 9.98. The van der Waals surface area contributed by atoms with Crippen LogP contribution in [0.15, 0.2) is 69.0 Å². The van der Waals surface area contributed by atoms with E-state index in [0.29, 0.717) is 27.4 Å². The van der Waals surface area contributed by atoms with E-state index in [1.165, 1.54) is 80.4 Å². The van der Waals surface area contributed by atoms with E-state index in [1.807, 2.05) is 12.1 Å². The van der Waals surface area contributed by atoms with E-state index >= 15 is 0 Å². The first-order valence-corrected chi connectivity index (χ1v) is 17.6. The molecule has 0 amide bonds. The highest BCUT2D eigenvalue weighted by molar-refractivity contribution is 7.19. The van der Waals surface area contributed by atoms with Crippen LogP contribution in [0.25, 0.3) is 0 Å². The number of hydrogen-bond donors (Lipinski definition) is 0. The third-order valence-corrected chi connectivity index (χ3v) is 9.55. The summed E-state index contributed by atoms with van der Waals surface area (Å²) >= 11 is 1.33. The number of benzene rings is 2. The van der Waals surface area contributed by atoms with Gasteiger partial charge in [0.05, 0.1) is 16.9 Å². The zero-order chi connectivity index (χ0) is 31.7. The molecule has 0 aliphatic rings. The minimum Gasteiger partial charge on any atom is -0.371 e. The van der Waals surface area contributed by atoms with Gasteiger partial charge < -0.3 is 4.90 Å². The second-order valence-corrected chi connectivity index (χ2v) is 12.9. The standard InChI is InChI=1S/C37H52N6S/c1-7-12-13-14-15-16-31-17-19-33(20-18-31)39-41-36-24-32(25-38)37(44-36)42-40-35-22-21-34(23-28(35)6)43(26-29(8-2)9-3)27-30(10-4)11-5/h17-24,29-30H,7-16,26-27H2,1-6H3. The Bertz CT molecular complexity index is 1350. The molecule has 0 aliphatic heterocycles. The number of rotatable bonds is 19. The van der Waals surface area contributed by atoms with E-state index in [-0.39, 0.29) is 0 Å². The van der Waals surface area contributed by atoms with E-state index in [4.69, 9.17) is 0 Å². The smallest absolute Gasteiger partial charge is 0.158 e. The highest BCUT2D eigenvalue weighted by Gasteiger charge is 2.17. The SMILES string of the molecule is CCCCCCCc1ccc(N=Nc2cc(C#N)c(N=Nc3ccc(N(CC(CC)CC)CC(CC)CC)cc3C)s2)cc1. The molecule has 0 radical (unpaired) electrons. The van der Waals surface area contributed by atoms with Gasteiger partial charge in [-0.3, -0.25) is 0 Å². The summed E-state index contributed by atoms with van der Waals surface area (Å²) in [6, 6.07) is 18.7. The van der Waals surface area contributed by atoms with Crippen molar-refractivity contribution in [2.24, 2.45) is 32.3 Å². The number of unbranched alkanes of at least 4 members (excludes halogenated alkanes) is 4. The molecule has 236 valence electrons. The van der Waals surface area contributed by atoms with E-state index in [0.717, 1.165) is 36.4 Å². The van der Waals surface area contributed by atoms with Crippen molar-refractivity contribution in [1.29, 1.82) is 5.26 Å². The first kappa shape index (κ1) is 35.1. The van der Waals surface area contributed by atoms with E-state index in [9.17, 15) is 5.26 Å². The molecule has 2 aromatic carbocycles. The fourth-order valence-electron chi connectivity index (χ4n) is 5.39.